The van der Waals surface area contributed by atoms with Crippen LogP contribution in [0, 0.1) is 6.92 Å². The third-order valence-corrected chi connectivity index (χ3v) is 6.20. The predicted octanol–water partition coefficient (Wildman–Crippen LogP) is 3.84. The van der Waals surface area contributed by atoms with Crippen molar-refractivity contribution in [3.05, 3.63) is 45.3 Å². The van der Waals surface area contributed by atoms with Gasteiger partial charge in [0.15, 0.2) is 12.4 Å². The molecule has 0 spiro atoms. The molecule has 2 heterocycles. The summed E-state index contributed by atoms with van der Waals surface area (Å²) in [7, 11) is 0. The lowest BCUT2D eigenvalue weighted by Crippen LogP contribution is -2.21. The number of amides is 1. The number of esters is 2. The maximum Gasteiger partial charge on any atom is 0.341 e. The molecule has 0 unspecified atom stereocenters. The molecule has 156 valence electrons. The van der Waals surface area contributed by atoms with E-state index in [0.717, 1.165) is 21.6 Å². The number of nitrogens with zero attached hydrogens (tertiary/aromatic N) is 1. The van der Waals surface area contributed by atoms with Gasteiger partial charge in [0.2, 0.25) is 0 Å². The second kappa shape index (κ2) is 9.14. The summed E-state index contributed by atoms with van der Waals surface area (Å²) in [6.45, 7) is 4.26. The molecular formula is C20H18N2O6S2. The molecule has 30 heavy (non-hydrogen) atoms. The molecule has 0 aliphatic carbocycles. The van der Waals surface area contributed by atoms with E-state index < -0.39 is 24.5 Å². The number of anilines is 1. The van der Waals surface area contributed by atoms with E-state index in [1.165, 1.54) is 18.3 Å². The summed E-state index contributed by atoms with van der Waals surface area (Å²) in [5.74, 6) is -2.15. The fourth-order valence-corrected chi connectivity index (χ4v) is 4.57. The summed E-state index contributed by atoms with van der Waals surface area (Å²) in [6, 6.07) is 4.92. The number of thiophene rings is 1. The molecule has 1 amide bonds. The standard InChI is InChI=1S/C20H18N2O6S2/c1-4-27-20(26)16-10(2)17(11(3)23)30-18(16)22-15(24)8-28-19(25)12-5-6-13-14(7-12)29-9-21-13/h5-7,9H,4,8H2,1-3H3,(H,22,24). The van der Waals surface area contributed by atoms with Crippen molar-refractivity contribution in [2.45, 2.75) is 20.8 Å². The summed E-state index contributed by atoms with van der Waals surface area (Å²) >= 11 is 2.37. The van der Waals surface area contributed by atoms with Gasteiger partial charge in [0.25, 0.3) is 5.91 Å². The van der Waals surface area contributed by atoms with Gasteiger partial charge in [0.1, 0.15) is 5.00 Å². The van der Waals surface area contributed by atoms with E-state index in [4.69, 9.17) is 9.47 Å². The SMILES string of the molecule is CCOC(=O)c1c(NC(=O)COC(=O)c2ccc3ncsc3c2)sc(C(C)=O)c1C. The number of ketones is 1. The third-order valence-electron chi connectivity index (χ3n) is 4.10. The summed E-state index contributed by atoms with van der Waals surface area (Å²) in [5, 5.41) is 2.72. The third kappa shape index (κ3) is 4.55. The molecule has 0 atom stereocenters. The lowest BCUT2D eigenvalue weighted by atomic mass is 10.1. The first-order chi connectivity index (χ1) is 14.3. The fourth-order valence-electron chi connectivity index (χ4n) is 2.75. The predicted molar refractivity (Wildman–Crippen MR) is 114 cm³/mol. The van der Waals surface area contributed by atoms with E-state index in [0.29, 0.717) is 16.0 Å². The number of rotatable bonds is 7. The average molecular weight is 447 g/mol. The molecule has 0 radical (unpaired) electrons. The van der Waals surface area contributed by atoms with E-state index >= 15 is 0 Å². The van der Waals surface area contributed by atoms with Crippen LogP contribution in [0.5, 0.6) is 0 Å². The number of hydrogen-bond acceptors (Lipinski definition) is 9. The van der Waals surface area contributed by atoms with Crippen LogP contribution in [-0.4, -0.2) is 41.8 Å². The highest BCUT2D eigenvalue weighted by molar-refractivity contribution is 7.18. The Morgan fingerprint density at radius 1 is 1.13 bits per heavy atom. The molecule has 1 aromatic carbocycles. The maximum atomic E-state index is 12.3. The minimum Gasteiger partial charge on any atom is -0.462 e. The zero-order valence-electron chi connectivity index (χ0n) is 16.4. The Morgan fingerprint density at radius 3 is 2.60 bits per heavy atom. The highest BCUT2D eigenvalue weighted by Gasteiger charge is 2.25. The Hall–Kier alpha value is -3.11. The molecule has 0 aliphatic rings. The highest BCUT2D eigenvalue weighted by atomic mass is 32.1. The van der Waals surface area contributed by atoms with Crippen molar-refractivity contribution in [1.29, 1.82) is 0 Å². The molecule has 0 saturated carbocycles. The molecule has 3 aromatic rings. The normalized spacial score (nSPS) is 10.6. The van der Waals surface area contributed by atoms with E-state index in [-0.39, 0.29) is 23.0 Å². The molecule has 0 bridgehead atoms. The smallest absolute Gasteiger partial charge is 0.341 e. The van der Waals surface area contributed by atoms with Crippen molar-refractivity contribution < 1.29 is 28.7 Å². The molecule has 10 heteroatoms. The number of ether oxygens (including phenoxy) is 2. The number of carbonyl (C=O) groups excluding carboxylic acids is 4. The zero-order chi connectivity index (χ0) is 21.8. The summed E-state index contributed by atoms with van der Waals surface area (Å²) in [5.41, 5.74) is 3.32. The van der Waals surface area contributed by atoms with E-state index in [1.54, 1.807) is 37.6 Å². The number of carbonyl (C=O) groups is 4. The zero-order valence-corrected chi connectivity index (χ0v) is 18.1. The number of nitrogens with one attached hydrogen (secondary N) is 1. The first-order valence-corrected chi connectivity index (χ1v) is 10.6. The topological polar surface area (TPSA) is 112 Å². The van der Waals surface area contributed by atoms with Gasteiger partial charge in [-0.1, -0.05) is 0 Å². The minimum atomic E-state index is -0.655. The first kappa shape index (κ1) is 21.6. The number of aromatic nitrogens is 1. The van der Waals surface area contributed by atoms with Crippen LogP contribution in [0.2, 0.25) is 0 Å². The highest BCUT2D eigenvalue weighted by Crippen LogP contribution is 2.34. The Kier molecular flexibility index (Phi) is 6.58. The van der Waals surface area contributed by atoms with Gasteiger partial charge in [-0.15, -0.1) is 22.7 Å². The van der Waals surface area contributed by atoms with E-state index in [2.05, 4.69) is 10.3 Å². The Balaban J connectivity index is 1.70. The molecule has 0 fully saturated rings. The van der Waals surface area contributed by atoms with Crippen molar-refractivity contribution in [3.63, 3.8) is 0 Å². The number of thiazole rings is 1. The van der Waals surface area contributed by atoms with Gasteiger partial charge in [-0.3, -0.25) is 9.59 Å². The maximum absolute atomic E-state index is 12.3. The van der Waals surface area contributed by atoms with Crippen LogP contribution >= 0.6 is 22.7 Å². The van der Waals surface area contributed by atoms with Crippen molar-refractivity contribution in [2.24, 2.45) is 0 Å². The van der Waals surface area contributed by atoms with Gasteiger partial charge in [-0.05, 0) is 44.5 Å². The van der Waals surface area contributed by atoms with Gasteiger partial charge in [-0.2, -0.15) is 0 Å². The quantitative estimate of drug-likeness (QED) is 0.433. The molecule has 2 aromatic heterocycles. The number of hydrogen-bond donors (Lipinski definition) is 1. The van der Waals surface area contributed by atoms with Crippen LogP contribution in [0.15, 0.2) is 23.7 Å². The molecule has 8 nitrogen and oxygen atoms in total. The summed E-state index contributed by atoms with van der Waals surface area (Å²) < 4.78 is 10.9. The largest absolute Gasteiger partial charge is 0.462 e. The molecule has 1 N–H and O–H groups in total. The molecular weight excluding hydrogens is 428 g/mol. The van der Waals surface area contributed by atoms with Crippen molar-refractivity contribution in [3.8, 4) is 0 Å². The lowest BCUT2D eigenvalue weighted by Gasteiger charge is -2.08. The lowest BCUT2D eigenvalue weighted by molar-refractivity contribution is -0.119. The van der Waals surface area contributed by atoms with Crippen LogP contribution in [0.3, 0.4) is 0 Å². The van der Waals surface area contributed by atoms with Gasteiger partial charge >= 0.3 is 11.9 Å². The summed E-state index contributed by atoms with van der Waals surface area (Å²) in [4.78, 5) is 53.1. The van der Waals surface area contributed by atoms with Crippen LogP contribution in [-0.2, 0) is 14.3 Å². The first-order valence-electron chi connectivity index (χ1n) is 8.93. The van der Waals surface area contributed by atoms with E-state index in [1.807, 2.05) is 0 Å². The fraction of sp³-hybridized carbons (Fsp3) is 0.250. The Labute approximate surface area is 179 Å². The van der Waals surface area contributed by atoms with Gasteiger partial charge < -0.3 is 14.8 Å². The second-order valence-corrected chi connectivity index (χ2v) is 8.10. The van der Waals surface area contributed by atoms with Crippen molar-refractivity contribution in [1.82, 2.24) is 4.98 Å². The van der Waals surface area contributed by atoms with Gasteiger partial charge in [0, 0.05) is 0 Å². The number of Topliss-reactive ketones (excluding diaryl/α,β-unsaturated/α-hetero) is 1. The monoisotopic (exact) mass is 446 g/mol. The molecule has 0 aliphatic heterocycles. The number of fused-ring (bicyclic) bond motifs is 1. The Morgan fingerprint density at radius 2 is 1.90 bits per heavy atom. The van der Waals surface area contributed by atoms with E-state index in [9.17, 15) is 19.2 Å². The number of benzene rings is 1. The van der Waals surface area contributed by atoms with Crippen molar-refractivity contribution in [2.75, 3.05) is 18.5 Å². The van der Waals surface area contributed by atoms with Gasteiger partial charge in [0.05, 0.1) is 38.3 Å². The second-order valence-electron chi connectivity index (χ2n) is 6.20. The van der Waals surface area contributed by atoms with Crippen LogP contribution in [0.1, 0.15) is 49.8 Å². The van der Waals surface area contributed by atoms with Crippen molar-refractivity contribution >= 4 is 61.5 Å². The molecule has 0 saturated heterocycles. The van der Waals surface area contributed by atoms with Crippen LogP contribution < -0.4 is 5.32 Å². The average Bonchev–Trinajstić information content (AvgIpc) is 3.29. The molecule has 3 rings (SSSR count). The summed E-state index contributed by atoms with van der Waals surface area (Å²) in [6.07, 6.45) is 0. The minimum absolute atomic E-state index is 0.127. The van der Waals surface area contributed by atoms with Crippen LogP contribution in [0.4, 0.5) is 5.00 Å². The Bertz CT molecular complexity index is 1150. The van der Waals surface area contributed by atoms with Crippen LogP contribution in [0.25, 0.3) is 10.2 Å². The van der Waals surface area contributed by atoms with Gasteiger partial charge in [-0.25, -0.2) is 14.6 Å².